The Morgan fingerprint density at radius 1 is 1.30 bits per heavy atom. The first-order valence-electron chi connectivity index (χ1n) is 5.99. The van der Waals surface area contributed by atoms with E-state index in [1.807, 2.05) is 0 Å². The van der Waals surface area contributed by atoms with E-state index in [1.165, 1.54) is 0 Å². The van der Waals surface area contributed by atoms with Crippen molar-refractivity contribution in [3.8, 4) is 0 Å². The molecule has 6 nitrogen and oxygen atoms in total. The van der Waals surface area contributed by atoms with Crippen LogP contribution in [0.25, 0.3) is 0 Å². The number of amidine groups is 1. The quantitative estimate of drug-likeness (QED) is 0.213. The molecule has 0 atom stereocenters. The van der Waals surface area contributed by atoms with Crippen molar-refractivity contribution in [2.24, 2.45) is 10.9 Å². The second-order valence-electron chi connectivity index (χ2n) is 4.06. The van der Waals surface area contributed by atoms with E-state index in [-0.39, 0.29) is 11.9 Å². The van der Waals surface area contributed by atoms with E-state index in [4.69, 9.17) is 34.1 Å². The lowest BCUT2D eigenvalue weighted by molar-refractivity contribution is 0.252. The maximum Gasteiger partial charge on any atom is 0.319 e. The largest absolute Gasteiger partial charge is 0.409 e. The molecule has 0 radical (unpaired) electrons. The molecular formula is C12H16Cl2N4O2. The smallest absolute Gasteiger partial charge is 0.319 e. The number of benzene rings is 1. The molecule has 0 spiro atoms. The fourth-order valence-corrected chi connectivity index (χ4v) is 1.73. The van der Waals surface area contributed by atoms with E-state index in [9.17, 15) is 4.79 Å². The van der Waals surface area contributed by atoms with Crippen molar-refractivity contribution < 1.29 is 10.0 Å². The van der Waals surface area contributed by atoms with Crippen LogP contribution in [0.2, 0.25) is 10.0 Å². The van der Waals surface area contributed by atoms with Crippen LogP contribution in [0.15, 0.2) is 23.4 Å². The number of nitrogens with one attached hydrogen (secondary N) is 2. The number of carbonyl (C=O) groups is 1. The number of hydrogen-bond acceptors (Lipinski definition) is 3. The van der Waals surface area contributed by atoms with Crippen molar-refractivity contribution in [1.82, 2.24) is 5.32 Å². The number of nitrogens with zero attached hydrogens (tertiary/aromatic N) is 1. The van der Waals surface area contributed by atoms with Crippen molar-refractivity contribution in [3.63, 3.8) is 0 Å². The summed E-state index contributed by atoms with van der Waals surface area (Å²) >= 11 is 11.6. The van der Waals surface area contributed by atoms with Crippen LogP contribution in [0.1, 0.15) is 19.3 Å². The molecule has 20 heavy (non-hydrogen) atoms. The zero-order chi connectivity index (χ0) is 15.0. The first-order chi connectivity index (χ1) is 9.52. The van der Waals surface area contributed by atoms with Gasteiger partial charge in [-0.2, -0.15) is 0 Å². The summed E-state index contributed by atoms with van der Waals surface area (Å²) in [6.07, 6.45) is 1.94. The minimum Gasteiger partial charge on any atom is -0.409 e. The van der Waals surface area contributed by atoms with Crippen LogP contribution in [0.5, 0.6) is 0 Å². The van der Waals surface area contributed by atoms with E-state index < -0.39 is 0 Å². The number of unbranched alkanes of at least 4 members (excludes halogenated alkanes) is 1. The average molecular weight is 319 g/mol. The maximum atomic E-state index is 11.6. The van der Waals surface area contributed by atoms with Gasteiger partial charge in [0.05, 0.1) is 10.0 Å². The van der Waals surface area contributed by atoms with Crippen LogP contribution in [-0.2, 0) is 0 Å². The topological polar surface area (TPSA) is 99.7 Å². The summed E-state index contributed by atoms with van der Waals surface area (Å²) in [7, 11) is 0. The summed E-state index contributed by atoms with van der Waals surface area (Å²) in [6, 6.07) is 4.51. The Labute approximate surface area is 126 Å². The number of oxime groups is 1. The Hall–Kier alpha value is -1.66. The van der Waals surface area contributed by atoms with E-state index >= 15 is 0 Å². The van der Waals surface area contributed by atoms with E-state index in [1.54, 1.807) is 18.2 Å². The number of halogens is 2. The summed E-state index contributed by atoms with van der Waals surface area (Å²) < 4.78 is 0. The summed E-state index contributed by atoms with van der Waals surface area (Å²) in [6.45, 7) is 0.492. The van der Waals surface area contributed by atoms with Gasteiger partial charge in [-0.1, -0.05) is 28.4 Å². The molecule has 0 aromatic heterocycles. The number of nitrogens with two attached hydrogens (primary N) is 1. The molecule has 5 N–H and O–H groups in total. The van der Waals surface area contributed by atoms with Crippen molar-refractivity contribution in [2.45, 2.75) is 19.3 Å². The Morgan fingerprint density at radius 3 is 2.70 bits per heavy atom. The van der Waals surface area contributed by atoms with E-state index in [0.29, 0.717) is 28.7 Å². The number of urea groups is 1. The molecule has 2 amide bonds. The van der Waals surface area contributed by atoms with Crippen LogP contribution in [0.3, 0.4) is 0 Å². The van der Waals surface area contributed by atoms with Gasteiger partial charge in [0.1, 0.15) is 5.84 Å². The molecule has 0 unspecified atom stereocenters. The van der Waals surface area contributed by atoms with Gasteiger partial charge in [-0.15, -0.1) is 0 Å². The monoisotopic (exact) mass is 318 g/mol. The van der Waals surface area contributed by atoms with Crippen LogP contribution in [0, 0.1) is 0 Å². The Morgan fingerprint density at radius 2 is 2.05 bits per heavy atom. The molecule has 1 aromatic carbocycles. The molecule has 0 heterocycles. The number of carbonyl (C=O) groups excluding carboxylic acids is 1. The molecule has 0 bridgehead atoms. The summed E-state index contributed by atoms with van der Waals surface area (Å²) in [5.74, 6) is 0.185. The number of anilines is 1. The summed E-state index contributed by atoms with van der Waals surface area (Å²) in [4.78, 5) is 11.6. The highest BCUT2D eigenvalue weighted by Crippen LogP contribution is 2.24. The first kappa shape index (κ1) is 16.4. The molecule has 0 aliphatic carbocycles. The van der Waals surface area contributed by atoms with Crippen LogP contribution in [0.4, 0.5) is 10.5 Å². The molecule has 110 valence electrons. The predicted molar refractivity (Wildman–Crippen MR) is 80.7 cm³/mol. The van der Waals surface area contributed by atoms with Gasteiger partial charge in [0.15, 0.2) is 0 Å². The molecule has 0 saturated heterocycles. The van der Waals surface area contributed by atoms with Gasteiger partial charge < -0.3 is 21.6 Å². The van der Waals surface area contributed by atoms with E-state index in [2.05, 4.69) is 15.8 Å². The van der Waals surface area contributed by atoms with Crippen molar-refractivity contribution in [2.75, 3.05) is 11.9 Å². The predicted octanol–water partition coefficient (Wildman–Crippen LogP) is 3.03. The third-order valence-electron chi connectivity index (χ3n) is 2.45. The summed E-state index contributed by atoms with van der Waals surface area (Å²) in [5.41, 5.74) is 5.88. The van der Waals surface area contributed by atoms with Crippen molar-refractivity contribution >= 4 is 40.8 Å². The SMILES string of the molecule is NC(CCCCNC(=O)Nc1ccc(Cl)c(Cl)c1)=NO. The van der Waals surface area contributed by atoms with Gasteiger partial charge in [0.2, 0.25) is 0 Å². The van der Waals surface area contributed by atoms with Crippen molar-refractivity contribution in [3.05, 3.63) is 28.2 Å². The van der Waals surface area contributed by atoms with Gasteiger partial charge in [0.25, 0.3) is 0 Å². The van der Waals surface area contributed by atoms with Crippen LogP contribution in [-0.4, -0.2) is 23.6 Å². The third-order valence-corrected chi connectivity index (χ3v) is 3.19. The Kier molecular flexibility index (Phi) is 6.97. The van der Waals surface area contributed by atoms with Gasteiger partial charge >= 0.3 is 6.03 Å². The molecule has 0 aliphatic rings. The number of amides is 2. The minimum atomic E-state index is -0.327. The molecule has 0 aliphatic heterocycles. The number of hydrogen-bond donors (Lipinski definition) is 4. The average Bonchev–Trinajstić information content (AvgIpc) is 2.42. The van der Waals surface area contributed by atoms with E-state index in [0.717, 1.165) is 12.8 Å². The maximum absolute atomic E-state index is 11.6. The van der Waals surface area contributed by atoms with Gasteiger partial charge in [-0.05, 0) is 31.0 Å². The highest BCUT2D eigenvalue weighted by Gasteiger charge is 2.03. The van der Waals surface area contributed by atoms with Crippen LogP contribution >= 0.6 is 23.2 Å². The standard InChI is InChI=1S/C12H16Cl2N4O2/c13-9-5-4-8(7-10(9)14)17-12(19)16-6-2-1-3-11(15)18-20/h4-5,7,20H,1-3,6H2,(H2,15,18)(H2,16,17,19). The lowest BCUT2D eigenvalue weighted by Crippen LogP contribution is -2.29. The third kappa shape index (κ3) is 5.99. The normalized spacial score (nSPS) is 11.2. The first-order valence-corrected chi connectivity index (χ1v) is 6.75. The molecule has 0 saturated carbocycles. The Bertz CT molecular complexity index is 494. The number of rotatable bonds is 6. The molecule has 8 heteroatoms. The lowest BCUT2D eigenvalue weighted by Gasteiger charge is -2.08. The zero-order valence-electron chi connectivity index (χ0n) is 10.7. The molecule has 1 aromatic rings. The molecule has 1 rings (SSSR count). The van der Waals surface area contributed by atoms with Gasteiger partial charge in [-0.25, -0.2) is 4.79 Å². The molecule has 0 fully saturated rings. The minimum absolute atomic E-state index is 0.185. The Balaban J connectivity index is 2.25. The fraction of sp³-hybridized carbons (Fsp3) is 0.333. The van der Waals surface area contributed by atoms with Gasteiger partial charge in [0, 0.05) is 18.7 Å². The summed E-state index contributed by atoms with van der Waals surface area (Å²) in [5, 5.41) is 17.3. The zero-order valence-corrected chi connectivity index (χ0v) is 12.2. The van der Waals surface area contributed by atoms with Crippen LogP contribution < -0.4 is 16.4 Å². The van der Waals surface area contributed by atoms with Crippen molar-refractivity contribution in [1.29, 1.82) is 0 Å². The highest BCUT2D eigenvalue weighted by atomic mass is 35.5. The second-order valence-corrected chi connectivity index (χ2v) is 4.87. The second kappa shape index (κ2) is 8.50. The highest BCUT2D eigenvalue weighted by molar-refractivity contribution is 6.42. The van der Waals surface area contributed by atoms with Gasteiger partial charge in [-0.3, -0.25) is 0 Å². The fourth-order valence-electron chi connectivity index (χ4n) is 1.43. The lowest BCUT2D eigenvalue weighted by atomic mass is 10.2. The molecular weight excluding hydrogens is 303 g/mol.